The number of thiazole rings is 4. The summed E-state index contributed by atoms with van der Waals surface area (Å²) in [4.78, 5) is 82.1. The van der Waals surface area contributed by atoms with Crippen molar-refractivity contribution in [2.75, 3.05) is 78.5 Å². The minimum Gasteiger partial charge on any atom is -0.302 e. The zero-order chi connectivity index (χ0) is 94.6. The van der Waals surface area contributed by atoms with Gasteiger partial charge in [-0.3, -0.25) is 36.8 Å². The predicted octanol–water partition coefficient (Wildman–Crippen LogP) is 21.9. The highest BCUT2D eigenvalue weighted by molar-refractivity contribution is 7.16. The van der Waals surface area contributed by atoms with Gasteiger partial charge in [-0.25, -0.2) is 55.1 Å². The highest BCUT2D eigenvalue weighted by Gasteiger charge is 2.28. The van der Waals surface area contributed by atoms with Crippen LogP contribution in [0.25, 0.3) is 42.1 Å². The molecule has 696 valence electrons. The number of nitrogens with zero attached hydrogens (tertiary/aromatic N) is 12. The second-order valence-electron chi connectivity index (χ2n) is 34.5. The van der Waals surface area contributed by atoms with Gasteiger partial charge in [0.05, 0.1) is 0 Å². The van der Waals surface area contributed by atoms with Crippen LogP contribution in [0.5, 0.6) is 0 Å². The van der Waals surface area contributed by atoms with Crippen molar-refractivity contribution in [3.63, 3.8) is 0 Å². The maximum Gasteiger partial charge on any atom is 0.261 e. The third kappa shape index (κ3) is 22.5. The van der Waals surface area contributed by atoms with Gasteiger partial charge in [0.2, 0.25) is 0 Å². The van der Waals surface area contributed by atoms with Crippen LogP contribution in [0.1, 0.15) is 141 Å². The Hall–Kier alpha value is -12.6. The fraction of sp³-hybridized carbons (Fsp3) is 0.259. The van der Waals surface area contributed by atoms with E-state index in [9.17, 15) is 54.3 Å². The number of aryl methyl sites for hydroxylation is 4. The van der Waals surface area contributed by atoms with E-state index in [0.29, 0.717) is 25.7 Å². The molecule has 16 aromatic rings. The van der Waals surface area contributed by atoms with Crippen molar-refractivity contribution in [1.29, 1.82) is 0 Å². The molecule has 4 fully saturated rings. The Balaban J connectivity index is 0.000000126. The average Bonchev–Trinajstić information content (AvgIpc) is 1.82. The van der Waals surface area contributed by atoms with Crippen LogP contribution in [-0.4, -0.2) is 136 Å². The van der Waals surface area contributed by atoms with Gasteiger partial charge in [0.1, 0.15) is 46.5 Å². The first-order valence-electron chi connectivity index (χ1n) is 45.6. The minimum absolute atomic E-state index is 0.0243. The van der Waals surface area contributed by atoms with Crippen LogP contribution in [0.3, 0.4) is 0 Å². The van der Waals surface area contributed by atoms with Gasteiger partial charge < -0.3 is 19.6 Å². The van der Waals surface area contributed by atoms with Gasteiger partial charge in [0.15, 0.2) is 19.8 Å². The summed E-state index contributed by atoms with van der Waals surface area (Å²) in [5.41, 5.74) is 23.3. The van der Waals surface area contributed by atoms with Gasteiger partial charge in [0.25, 0.3) is 22.2 Å². The summed E-state index contributed by atoms with van der Waals surface area (Å²) in [6.07, 6.45) is 16.7. The molecular weight excluding hydrogens is 1810 g/mol. The number of benzene rings is 8. The molecule has 0 N–H and O–H groups in total. The maximum atomic E-state index is 13.5. The summed E-state index contributed by atoms with van der Waals surface area (Å²) in [6.45, 7) is 17.8. The molecule has 0 saturated carbocycles. The summed E-state index contributed by atoms with van der Waals surface area (Å²) >= 11 is 5.86. The van der Waals surface area contributed by atoms with E-state index < -0.39 is 0 Å². The number of aromatic nitrogens is 8. The monoisotopic (exact) mass is 1910 g/mol. The summed E-state index contributed by atoms with van der Waals surface area (Å²) in [5, 5.41) is 7.52. The molecule has 0 atom stereocenters. The van der Waals surface area contributed by atoms with E-state index in [1.54, 1.807) is 139 Å². The van der Waals surface area contributed by atoms with Crippen molar-refractivity contribution in [1.82, 2.24) is 57.1 Å². The lowest BCUT2D eigenvalue weighted by Gasteiger charge is -2.30. The lowest BCUT2D eigenvalue weighted by atomic mass is 9.88. The Kier molecular flexibility index (Phi) is 30.5. The molecule has 4 aliphatic rings. The zero-order valence-electron chi connectivity index (χ0n) is 75.7. The lowest BCUT2D eigenvalue weighted by molar-refractivity contribution is 0.259. The average molecular weight is 1910 g/mol. The molecule has 0 spiro atoms. The van der Waals surface area contributed by atoms with Gasteiger partial charge in [0, 0.05) is 170 Å². The number of hydrogen-bond donors (Lipinski definition) is 0. The molecule has 0 radical (unpaired) electrons. The van der Waals surface area contributed by atoms with Gasteiger partial charge in [-0.1, -0.05) is 119 Å². The molecule has 0 bridgehead atoms. The SMILES string of the molecule is Cc1nc2sccn2c(=O)c1CCN1CCC(=C(c2ccc(F)cc2)c2ccc(F)cc2)CC1.Cc1nc2sccn2c(=O)c1CCN1CCC(=C(c2ccc(F)cc2)c2ccc(F)cc2)CC1.Cc1nc2sccn2c(=O)c1CCN1CCC(=C(c2ccc(F)cc2)c2ccc(F)cc2)CC1.Cc1nc2sccn2c(=O)c1CCN1CCC(=C(c2ccc(F)cc2)c2ccc(F)cc2)CC1. The minimum atomic E-state index is -0.275. The van der Waals surface area contributed by atoms with Gasteiger partial charge in [-0.2, -0.15) is 0 Å². The fourth-order valence-corrected chi connectivity index (χ4v) is 21.7. The van der Waals surface area contributed by atoms with Gasteiger partial charge >= 0.3 is 0 Å². The third-order valence-corrected chi connectivity index (χ3v) is 29.1. The fourth-order valence-electron chi connectivity index (χ4n) is 18.7. The second kappa shape index (κ2) is 43.6. The smallest absolute Gasteiger partial charge is 0.261 e. The number of fused-ring (bicyclic) bond motifs is 4. The van der Waals surface area contributed by atoms with Crippen LogP contribution in [0, 0.1) is 74.2 Å². The van der Waals surface area contributed by atoms with E-state index in [4.69, 9.17) is 0 Å². The molecule has 12 heterocycles. The van der Waals surface area contributed by atoms with E-state index in [0.717, 1.165) is 262 Å². The largest absolute Gasteiger partial charge is 0.302 e. The standard InChI is InChI=1S/4C27H25F2N3OS/c4*1-18-24(26(33)32-16-17-34-27(32)30-18)12-15-31-13-10-21(11-14-31)25(19-2-6-22(28)7-3-19)20-4-8-23(29)9-5-20/h4*2-9,16-17H,10-15H2,1H3. The van der Waals surface area contributed by atoms with E-state index in [2.05, 4.69) is 39.5 Å². The number of hydrogen-bond acceptors (Lipinski definition) is 16. The second-order valence-corrected chi connectivity index (χ2v) is 38.0. The van der Waals surface area contributed by atoms with Crippen molar-refractivity contribution in [3.8, 4) is 0 Å². The molecule has 0 amide bonds. The van der Waals surface area contributed by atoms with Crippen LogP contribution in [-0.2, 0) is 25.7 Å². The molecule has 8 aromatic heterocycles. The van der Waals surface area contributed by atoms with E-state index >= 15 is 0 Å². The Morgan fingerprint density at radius 3 is 0.537 bits per heavy atom. The summed E-state index contributed by atoms with van der Waals surface area (Å²) in [6, 6.07) is 52.1. The van der Waals surface area contributed by atoms with Crippen molar-refractivity contribution in [3.05, 3.63) is 440 Å². The number of likely N-dealkylation sites (tertiary alicyclic amines) is 4. The van der Waals surface area contributed by atoms with Crippen LogP contribution in [0.2, 0.25) is 0 Å². The normalized spacial score (nSPS) is 14.6. The van der Waals surface area contributed by atoms with Crippen LogP contribution >= 0.6 is 45.3 Å². The summed E-state index contributed by atoms with van der Waals surface area (Å²) < 4.78 is 115. The number of halogens is 8. The zero-order valence-corrected chi connectivity index (χ0v) is 79.0. The quantitative estimate of drug-likeness (QED) is 0.0668. The Morgan fingerprint density at radius 1 is 0.243 bits per heavy atom. The molecule has 28 heteroatoms. The Morgan fingerprint density at radius 2 is 0.390 bits per heavy atom. The van der Waals surface area contributed by atoms with Crippen molar-refractivity contribution >= 4 is 87.5 Å². The summed E-state index contributed by atoms with van der Waals surface area (Å²) in [5.74, 6) is -2.20. The molecule has 20 rings (SSSR count). The molecular formula is C108H100F8N12O4S4. The van der Waals surface area contributed by atoms with Crippen molar-refractivity contribution in [2.45, 2.75) is 105 Å². The molecule has 4 saturated heterocycles. The highest BCUT2D eigenvalue weighted by Crippen LogP contribution is 2.39. The van der Waals surface area contributed by atoms with Gasteiger partial charge in [-0.15, -0.1) is 45.3 Å². The first kappa shape index (κ1) is 95.1. The molecule has 8 aromatic carbocycles. The van der Waals surface area contributed by atoms with Crippen molar-refractivity contribution < 1.29 is 35.1 Å². The number of rotatable bonds is 20. The third-order valence-electron chi connectivity index (χ3n) is 26.1. The topological polar surface area (TPSA) is 150 Å². The predicted molar refractivity (Wildman–Crippen MR) is 529 cm³/mol. The Labute approximate surface area is 797 Å². The molecule has 16 nitrogen and oxygen atoms in total. The first-order chi connectivity index (χ1) is 66.0. The highest BCUT2D eigenvalue weighted by atomic mass is 32.1. The first-order valence-corrected chi connectivity index (χ1v) is 49.2. The van der Waals surface area contributed by atoms with Crippen LogP contribution < -0.4 is 22.2 Å². The molecule has 136 heavy (non-hydrogen) atoms. The van der Waals surface area contributed by atoms with Crippen LogP contribution in [0.15, 0.2) is 282 Å². The molecule has 4 aliphatic heterocycles. The van der Waals surface area contributed by atoms with Gasteiger partial charge in [-0.05, 0) is 269 Å². The van der Waals surface area contributed by atoms with E-state index in [1.807, 2.05) is 49.2 Å². The number of piperidine rings is 4. The maximum absolute atomic E-state index is 13.5. The molecule has 0 unspecified atom stereocenters. The van der Waals surface area contributed by atoms with E-state index in [-0.39, 0.29) is 68.8 Å². The van der Waals surface area contributed by atoms with Crippen LogP contribution in [0.4, 0.5) is 35.1 Å². The van der Waals surface area contributed by atoms with E-state index in [1.165, 1.54) is 165 Å². The summed E-state index contributed by atoms with van der Waals surface area (Å²) in [7, 11) is 0. The molecule has 0 aliphatic carbocycles. The Bertz CT molecular complexity index is 6270. The lowest BCUT2D eigenvalue weighted by Crippen LogP contribution is -2.34. The van der Waals surface area contributed by atoms with Crippen molar-refractivity contribution in [2.24, 2.45) is 0 Å².